The summed E-state index contributed by atoms with van der Waals surface area (Å²) in [5, 5.41) is 4.44. The third-order valence-corrected chi connectivity index (χ3v) is 9.49. The first-order chi connectivity index (χ1) is 23.0. The normalized spacial score (nSPS) is 17.1. The first kappa shape index (κ1) is 31.2. The second-order valence-electron chi connectivity index (χ2n) is 12.9. The second-order valence-corrected chi connectivity index (χ2v) is 12.9. The molecule has 7 rings (SSSR count). The number of halogens is 2. The van der Waals surface area contributed by atoms with Crippen LogP contribution < -0.4 is 17.0 Å². The first-order valence-corrected chi connectivity index (χ1v) is 15.9. The van der Waals surface area contributed by atoms with Gasteiger partial charge in [-0.3, -0.25) is 19.1 Å². The van der Waals surface area contributed by atoms with E-state index in [1.807, 2.05) is 6.07 Å². The molecule has 0 spiro atoms. The third-order valence-electron chi connectivity index (χ3n) is 9.49. The number of amides is 2. The molecule has 2 aliphatic rings. The van der Waals surface area contributed by atoms with Gasteiger partial charge in [0.15, 0.2) is 17.3 Å². The van der Waals surface area contributed by atoms with Crippen LogP contribution in [0.15, 0.2) is 59.8 Å². The van der Waals surface area contributed by atoms with Gasteiger partial charge < -0.3 is 16.4 Å². The lowest BCUT2D eigenvalue weighted by Gasteiger charge is -2.34. The van der Waals surface area contributed by atoms with Crippen LogP contribution in [0.2, 0.25) is 0 Å². The van der Waals surface area contributed by atoms with Crippen LogP contribution in [0.4, 0.5) is 14.6 Å². The predicted octanol–water partition coefficient (Wildman–Crippen LogP) is 3.94. The van der Waals surface area contributed by atoms with E-state index in [1.54, 1.807) is 45.7 Å². The minimum Gasteiger partial charge on any atom is -0.382 e. The topological polar surface area (TPSA) is 159 Å². The van der Waals surface area contributed by atoms with Crippen LogP contribution in [0.25, 0.3) is 22.5 Å². The molecule has 6 heterocycles. The first-order valence-electron chi connectivity index (χ1n) is 15.9. The summed E-state index contributed by atoms with van der Waals surface area (Å²) >= 11 is 0. The summed E-state index contributed by atoms with van der Waals surface area (Å²) in [4.78, 5) is 48.7. The molecule has 48 heavy (non-hydrogen) atoms. The Morgan fingerprint density at radius 3 is 2.44 bits per heavy atom. The molecule has 0 saturated carbocycles. The Labute approximate surface area is 274 Å². The fourth-order valence-electron chi connectivity index (χ4n) is 7.29. The molecule has 5 aromatic rings. The van der Waals surface area contributed by atoms with E-state index < -0.39 is 34.8 Å². The molecule has 4 N–H and O–H groups in total. The van der Waals surface area contributed by atoms with Crippen LogP contribution >= 0.6 is 0 Å². The summed E-state index contributed by atoms with van der Waals surface area (Å²) in [7, 11) is 0. The SMILES string of the molecule is CC(C)(F)C(=O)N1CCC(c2cc(-c3ccc(C4CCCn5c4c(C(N)=O)c(=O)n5-c4ccccn4)cc3F)c3c(N)ncnn23)CC1. The molecule has 1 atom stereocenters. The zero-order valence-electron chi connectivity index (χ0n) is 26.6. The maximum absolute atomic E-state index is 16.3. The molecule has 2 aliphatic heterocycles. The summed E-state index contributed by atoms with van der Waals surface area (Å²) in [6.45, 7) is 3.74. The fraction of sp³-hybridized carbons (Fsp3) is 0.353. The standard InChI is InChI=1S/C34H35F2N9O3/c1-34(2,36)33(48)42-14-10-19(11-15-42)25-17-23(29-30(37)40-18-41-44(25)29)22-9-8-20(16-24(22)35)21-6-5-13-43-28(21)27(31(38)46)32(47)45(43)26-7-3-4-12-39-26/h3-4,7-9,12,16-19,21H,5-6,10-11,13-15H2,1-2H3,(H2,38,46)(H2,37,40,41). The van der Waals surface area contributed by atoms with Gasteiger partial charge >= 0.3 is 0 Å². The largest absolute Gasteiger partial charge is 0.382 e. The predicted molar refractivity (Wildman–Crippen MR) is 174 cm³/mol. The van der Waals surface area contributed by atoms with E-state index in [1.165, 1.54) is 35.8 Å². The van der Waals surface area contributed by atoms with Crippen LogP contribution in [-0.2, 0) is 11.3 Å². The molecule has 0 radical (unpaired) electrons. The Bertz CT molecular complexity index is 2120. The number of carbonyl (C=O) groups excluding carboxylic acids is 2. The van der Waals surface area contributed by atoms with Gasteiger partial charge in [0.25, 0.3) is 17.4 Å². The van der Waals surface area contributed by atoms with Gasteiger partial charge in [0.2, 0.25) is 0 Å². The monoisotopic (exact) mass is 655 g/mol. The van der Waals surface area contributed by atoms with Crippen molar-refractivity contribution < 1.29 is 18.4 Å². The number of nitrogen functional groups attached to an aromatic ring is 1. The van der Waals surface area contributed by atoms with E-state index in [-0.39, 0.29) is 22.9 Å². The fourth-order valence-corrected chi connectivity index (χ4v) is 7.29. The maximum atomic E-state index is 16.3. The Balaban J connectivity index is 1.26. The van der Waals surface area contributed by atoms with Crippen molar-refractivity contribution in [3.63, 3.8) is 0 Å². The van der Waals surface area contributed by atoms with Gasteiger partial charge in [0.1, 0.15) is 23.2 Å². The number of rotatable bonds is 6. The van der Waals surface area contributed by atoms with Crippen molar-refractivity contribution >= 4 is 23.1 Å². The Kier molecular flexibility index (Phi) is 7.60. The highest BCUT2D eigenvalue weighted by atomic mass is 19.1. The van der Waals surface area contributed by atoms with Crippen molar-refractivity contribution in [3.8, 4) is 16.9 Å². The van der Waals surface area contributed by atoms with E-state index in [0.717, 1.165) is 5.69 Å². The molecule has 1 saturated heterocycles. The van der Waals surface area contributed by atoms with E-state index in [0.29, 0.717) is 73.5 Å². The number of nitrogens with zero attached hydrogens (tertiary/aromatic N) is 7. The van der Waals surface area contributed by atoms with Crippen molar-refractivity contribution in [1.82, 2.24) is 33.8 Å². The zero-order valence-corrected chi connectivity index (χ0v) is 26.6. The van der Waals surface area contributed by atoms with Crippen molar-refractivity contribution in [2.24, 2.45) is 5.73 Å². The van der Waals surface area contributed by atoms with Crippen LogP contribution in [0, 0.1) is 5.82 Å². The molecular weight excluding hydrogens is 620 g/mol. The number of benzene rings is 1. The molecule has 248 valence electrons. The number of anilines is 1. The van der Waals surface area contributed by atoms with Gasteiger partial charge in [0.05, 0.1) is 5.69 Å². The van der Waals surface area contributed by atoms with E-state index in [4.69, 9.17) is 11.5 Å². The smallest absolute Gasteiger partial charge is 0.286 e. The number of likely N-dealkylation sites (tertiary alicyclic amines) is 1. The Hall–Kier alpha value is -5.40. The van der Waals surface area contributed by atoms with Gasteiger partial charge in [-0.2, -0.15) is 9.78 Å². The zero-order chi connectivity index (χ0) is 33.9. The summed E-state index contributed by atoms with van der Waals surface area (Å²) in [5.74, 6) is -1.89. The highest BCUT2D eigenvalue weighted by molar-refractivity contribution is 5.94. The molecule has 4 aromatic heterocycles. The average Bonchev–Trinajstić information content (AvgIpc) is 3.60. The lowest BCUT2D eigenvalue weighted by Crippen LogP contribution is -2.46. The van der Waals surface area contributed by atoms with Gasteiger partial charge in [-0.05, 0) is 69.4 Å². The van der Waals surface area contributed by atoms with Crippen molar-refractivity contribution in [2.45, 2.75) is 63.6 Å². The quantitative estimate of drug-likeness (QED) is 0.280. The molecule has 1 unspecified atom stereocenters. The molecule has 0 bridgehead atoms. The van der Waals surface area contributed by atoms with Gasteiger partial charge in [0, 0.05) is 54.5 Å². The molecule has 1 fully saturated rings. The van der Waals surface area contributed by atoms with Crippen molar-refractivity contribution in [3.05, 3.63) is 93.7 Å². The average molecular weight is 656 g/mol. The number of nitrogens with two attached hydrogens (primary N) is 2. The van der Waals surface area contributed by atoms with E-state index in [9.17, 15) is 18.8 Å². The number of hydrogen-bond donors (Lipinski definition) is 2. The van der Waals surface area contributed by atoms with Gasteiger partial charge in [-0.15, -0.1) is 0 Å². The molecule has 14 heteroatoms. The molecular formula is C34H35F2N9O3. The minimum absolute atomic E-state index is 0.0380. The number of fused-ring (bicyclic) bond motifs is 2. The lowest BCUT2D eigenvalue weighted by atomic mass is 9.86. The van der Waals surface area contributed by atoms with E-state index >= 15 is 4.39 Å². The van der Waals surface area contributed by atoms with Crippen LogP contribution in [0.3, 0.4) is 0 Å². The number of pyridine rings is 1. The van der Waals surface area contributed by atoms with Gasteiger partial charge in [-0.25, -0.2) is 23.3 Å². The summed E-state index contributed by atoms with van der Waals surface area (Å²) in [6.07, 6.45) is 5.30. The molecule has 2 amide bonds. The number of primary amides is 1. The summed E-state index contributed by atoms with van der Waals surface area (Å²) < 4.78 is 35.4. The summed E-state index contributed by atoms with van der Waals surface area (Å²) in [5.41, 5.74) is 12.5. The van der Waals surface area contributed by atoms with Crippen LogP contribution in [0.1, 0.15) is 78.7 Å². The van der Waals surface area contributed by atoms with Crippen LogP contribution in [0.5, 0.6) is 0 Å². The number of piperidine rings is 1. The van der Waals surface area contributed by atoms with Crippen LogP contribution in [-0.4, -0.2) is 64.4 Å². The van der Waals surface area contributed by atoms with Crippen molar-refractivity contribution in [2.75, 3.05) is 18.8 Å². The number of aromatic nitrogens is 6. The lowest BCUT2D eigenvalue weighted by molar-refractivity contribution is -0.143. The number of alkyl halides is 1. The summed E-state index contributed by atoms with van der Waals surface area (Å²) in [6, 6.07) is 11.9. The Morgan fingerprint density at radius 2 is 1.77 bits per heavy atom. The van der Waals surface area contributed by atoms with Gasteiger partial charge in [-0.1, -0.05) is 18.2 Å². The number of carbonyl (C=O) groups is 2. The Morgan fingerprint density at radius 1 is 1.00 bits per heavy atom. The second kappa shape index (κ2) is 11.7. The maximum Gasteiger partial charge on any atom is 0.286 e. The highest BCUT2D eigenvalue weighted by Crippen LogP contribution is 2.40. The minimum atomic E-state index is -1.95. The number of hydrogen-bond acceptors (Lipinski definition) is 7. The highest BCUT2D eigenvalue weighted by Gasteiger charge is 2.36. The third kappa shape index (κ3) is 5.11. The van der Waals surface area contributed by atoms with E-state index in [2.05, 4.69) is 15.1 Å². The van der Waals surface area contributed by atoms with Crippen molar-refractivity contribution in [1.29, 1.82) is 0 Å². The molecule has 12 nitrogen and oxygen atoms in total. The molecule has 1 aromatic carbocycles. The molecule has 0 aliphatic carbocycles.